The lowest BCUT2D eigenvalue weighted by Crippen LogP contribution is -2.30. The molecule has 2 rings (SSSR count). The number of ether oxygens (including phenoxy) is 3. The SMILES string of the molecule is COc1cc(NC(=O)C(C)OC(=O)c2ccc([N+](=O)[O-])c(C)c2)cc(OC)c1. The Morgan fingerprint density at radius 2 is 1.68 bits per heavy atom. The topological polar surface area (TPSA) is 117 Å². The number of esters is 1. The second-order valence-corrected chi connectivity index (χ2v) is 5.90. The highest BCUT2D eigenvalue weighted by Crippen LogP contribution is 2.26. The van der Waals surface area contributed by atoms with E-state index < -0.39 is 22.9 Å². The van der Waals surface area contributed by atoms with Crippen LogP contribution in [-0.2, 0) is 9.53 Å². The fraction of sp³-hybridized carbons (Fsp3) is 0.263. The molecule has 2 aromatic rings. The minimum atomic E-state index is -1.10. The number of nitrogens with zero attached hydrogens (tertiary/aromatic N) is 1. The molecule has 0 heterocycles. The van der Waals surface area contributed by atoms with Crippen molar-refractivity contribution in [3.8, 4) is 11.5 Å². The smallest absolute Gasteiger partial charge is 0.338 e. The summed E-state index contributed by atoms with van der Waals surface area (Å²) < 4.78 is 15.4. The zero-order valence-corrected chi connectivity index (χ0v) is 15.8. The van der Waals surface area contributed by atoms with Gasteiger partial charge in [-0.15, -0.1) is 0 Å². The van der Waals surface area contributed by atoms with Crippen LogP contribution in [0, 0.1) is 17.0 Å². The minimum Gasteiger partial charge on any atom is -0.497 e. The van der Waals surface area contributed by atoms with Gasteiger partial charge in [0, 0.05) is 35.5 Å². The van der Waals surface area contributed by atoms with Crippen LogP contribution in [0.2, 0.25) is 0 Å². The second-order valence-electron chi connectivity index (χ2n) is 5.90. The molecule has 0 aliphatic rings. The Hall–Kier alpha value is -3.62. The number of amides is 1. The highest BCUT2D eigenvalue weighted by molar-refractivity contribution is 5.97. The van der Waals surface area contributed by atoms with E-state index in [2.05, 4.69) is 5.32 Å². The molecule has 0 spiro atoms. The molecule has 2 aromatic carbocycles. The molecular formula is C19H20N2O7. The zero-order chi connectivity index (χ0) is 20.8. The molecule has 0 aliphatic heterocycles. The number of hydrogen-bond donors (Lipinski definition) is 1. The molecule has 9 heteroatoms. The molecule has 0 saturated carbocycles. The fourth-order valence-electron chi connectivity index (χ4n) is 2.39. The average Bonchev–Trinajstić information content (AvgIpc) is 2.66. The summed E-state index contributed by atoms with van der Waals surface area (Å²) in [7, 11) is 2.97. The van der Waals surface area contributed by atoms with Gasteiger partial charge in [-0.25, -0.2) is 4.79 Å². The van der Waals surface area contributed by atoms with Gasteiger partial charge in [0.25, 0.3) is 11.6 Å². The Morgan fingerprint density at radius 1 is 1.07 bits per heavy atom. The van der Waals surface area contributed by atoms with Crippen LogP contribution in [0.25, 0.3) is 0 Å². The highest BCUT2D eigenvalue weighted by Gasteiger charge is 2.21. The maximum atomic E-state index is 12.3. The third-order valence-electron chi connectivity index (χ3n) is 3.90. The van der Waals surface area contributed by atoms with Crippen LogP contribution in [0.1, 0.15) is 22.8 Å². The zero-order valence-electron chi connectivity index (χ0n) is 15.8. The van der Waals surface area contributed by atoms with Crippen molar-refractivity contribution >= 4 is 23.3 Å². The summed E-state index contributed by atoms with van der Waals surface area (Å²) >= 11 is 0. The average molecular weight is 388 g/mol. The molecule has 0 saturated heterocycles. The number of hydrogen-bond acceptors (Lipinski definition) is 7. The monoisotopic (exact) mass is 388 g/mol. The first-order valence-corrected chi connectivity index (χ1v) is 8.25. The Morgan fingerprint density at radius 3 is 2.18 bits per heavy atom. The number of methoxy groups -OCH3 is 2. The van der Waals surface area contributed by atoms with Gasteiger partial charge in [0.05, 0.1) is 24.7 Å². The van der Waals surface area contributed by atoms with E-state index in [0.717, 1.165) is 0 Å². The minimum absolute atomic E-state index is 0.102. The van der Waals surface area contributed by atoms with Crippen LogP contribution in [0.3, 0.4) is 0 Å². The molecule has 0 bridgehead atoms. The van der Waals surface area contributed by atoms with Crippen LogP contribution in [-0.4, -0.2) is 37.1 Å². The van der Waals surface area contributed by atoms with Crippen molar-refractivity contribution in [3.63, 3.8) is 0 Å². The predicted molar refractivity (Wildman–Crippen MR) is 101 cm³/mol. The largest absolute Gasteiger partial charge is 0.497 e. The van der Waals surface area contributed by atoms with E-state index in [0.29, 0.717) is 22.7 Å². The molecule has 0 fully saturated rings. The Bertz CT molecular complexity index is 889. The van der Waals surface area contributed by atoms with E-state index in [1.54, 1.807) is 18.2 Å². The molecule has 28 heavy (non-hydrogen) atoms. The van der Waals surface area contributed by atoms with Gasteiger partial charge in [0.2, 0.25) is 0 Å². The standard InChI is InChI=1S/C19H20N2O7/c1-11-7-13(5-6-17(11)21(24)25)19(23)28-12(2)18(22)20-14-8-15(26-3)10-16(9-14)27-4/h5-10,12H,1-4H3,(H,20,22). The first-order chi connectivity index (χ1) is 13.2. The van der Waals surface area contributed by atoms with Crippen molar-refractivity contribution in [2.45, 2.75) is 20.0 Å². The summed E-state index contributed by atoms with van der Waals surface area (Å²) in [6.45, 7) is 2.93. The van der Waals surface area contributed by atoms with Crippen LogP contribution in [0.15, 0.2) is 36.4 Å². The first kappa shape index (κ1) is 20.7. The molecule has 9 nitrogen and oxygen atoms in total. The molecule has 1 N–H and O–H groups in total. The third kappa shape index (κ3) is 4.97. The summed E-state index contributed by atoms with van der Waals surface area (Å²) in [5.74, 6) is -0.340. The lowest BCUT2D eigenvalue weighted by Gasteiger charge is -2.15. The quantitative estimate of drug-likeness (QED) is 0.440. The normalized spacial score (nSPS) is 11.3. The predicted octanol–water partition coefficient (Wildman–Crippen LogP) is 3.10. The number of carbonyl (C=O) groups excluding carboxylic acids is 2. The van der Waals surface area contributed by atoms with Gasteiger partial charge in [0.1, 0.15) is 11.5 Å². The van der Waals surface area contributed by atoms with Gasteiger partial charge in [-0.1, -0.05) is 0 Å². The first-order valence-electron chi connectivity index (χ1n) is 8.25. The van der Waals surface area contributed by atoms with Crippen LogP contribution >= 0.6 is 0 Å². The number of anilines is 1. The second kappa shape index (κ2) is 8.85. The molecule has 1 amide bonds. The number of nitrogens with one attached hydrogen (secondary N) is 1. The van der Waals surface area contributed by atoms with Crippen LogP contribution in [0.4, 0.5) is 11.4 Å². The van der Waals surface area contributed by atoms with Crippen molar-refractivity contribution in [3.05, 3.63) is 57.6 Å². The molecule has 148 valence electrons. The van der Waals surface area contributed by atoms with Gasteiger partial charge in [0.15, 0.2) is 6.10 Å². The molecule has 1 unspecified atom stereocenters. The van der Waals surface area contributed by atoms with Crippen molar-refractivity contribution in [1.29, 1.82) is 0 Å². The Balaban J connectivity index is 2.07. The maximum absolute atomic E-state index is 12.3. The number of aryl methyl sites for hydroxylation is 1. The van der Waals surface area contributed by atoms with E-state index in [1.807, 2.05) is 0 Å². The summed E-state index contributed by atoms with van der Waals surface area (Å²) in [6, 6.07) is 8.68. The summed E-state index contributed by atoms with van der Waals surface area (Å²) in [5, 5.41) is 13.5. The van der Waals surface area contributed by atoms with Crippen molar-refractivity contribution in [2.24, 2.45) is 0 Å². The Kier molecular flexibility index (Phi) is 6.54. The Labute approximate surface area is 161 Å². The molecule has 0 aliphatic carbocycles. The number of rotatable bonds is 7. The van der Waals surface area contributed by atoms with Crippen molar-refractivity contribution in [1.82, 2.24) is 0 Å². The number of nitro benzene ring substituents is 1. The van der Waals surface area contributed by atoms with E-state index in [9.17, 15) is 19.7 Å². The number of nitro groups is 1. The summed E-state index contributed by atoms with van der Waals surface area (Å²) in [5.41, 5.74) is 0.746. The van der Waals surface area contributed by atoms with Crippen LogP contribution < -0.4 is 14.8 Å². The van der Waals surface area contributed by atoms with Crippen LogP contribution in [0.5, 0.6) is 11.5 Å². The number of carbonyl (C=O) groups is 2. The van der Waals surface area contributed by atoms with Gasteiger partial charge >= 0.3 is 5.97 Å². The van der Waals surface area contributed by atoms with E-state index in [-0.39, 0.29) is 11.3 Å². The lowest BCUT2D eigenvalue weighted by molar-refractivity contribution is -0.385. The third-order valence-corrected chi connectivity index (χ3v) is 3.90. The van der Waals surface area contributed by atoms with E-state index in [1.165, 1.54) is 46.3 Å². The summed E-state index contributed by atoms with van der Waals surface area (Å²) in [6.07, 6.45) is -1.10. The van der Waals surface area contributed by atoms with Gasteiger partial charge in [-0.3, -0.25) is 14.9 Å². The molecule has 1 atom stereocenters. The number of benzene rings is 2. The highest BCUT2D eigenvalue weighted by atomic mass is 16.6. The van der Waals surface area contributed by atoms with Crippen molar-refractivity contribution in [2.75, 3.05) is 19.5 Å². The molecule has 0 radical (unpaired) electrons. The summed E-state index contributed by atoms with van der Waals surface area (Å²) in [4.78, 5) is 34.9. The van der Waals surface area contributed by atoms with Gasteiger partial charge in [-0.05, 0) is 26.0 Å². The fourth-order valence-corrected chi connectivity index (χ4v) is 2.39. The maximum Gasteiger partial charge on any atom is 0.338 e. The molecular weight excluding hydrogens is 368 g/mol. The van der Waals surface area contributed by atoms with E-state index in [4.69, 9.17) is 14.2 Å². The van der Waals surface area contributed by atoms with E-state index >= 15 is 0 Å². The van der Waals surface area contributed by atoms with Gasteiger partial charge in [-0.2, -0.15) is 0 Å². The molecule has 0 aromatic heterocycles. The lowest BCUT2D eigenvalue weighted by atomic mass is 10.1. The van der Waals surface area contributed by atoms with Gasteiger partial charge < -0.3 is 19.5 Å². The van der Waals surface area contributed by atoms with Crippen molar-refractivity contribution < 1.29 is 28.7 Å².